The molecule has 0 bridgehead atoms. The number of aliphatic hydroxyl groups is 1. The minimum atomic E-state index is -0.310. The van der Waals surface area contributed by atoms with Gasteiger partial charge in [-0.25, -0.2) is 0 Å². The average molecular weight is 196 g/mol. The lowest BCUT2D eigenvalue weighted by Crippen LogP contribution is -2.17. The van der Waals surface area contributed by atoms with E-state index in [1.165, 1.54) is 0 Å². The molecule has 1 aromatic heterocycles. The van der Waals surface area contributed by atoms with Crippen molar-refractivity contribution in [3.8, 4) is 0 Å². The molecule has 0 fully saturated rings. The Balaban J connectivity index is 2.50. The molecule has 1 N–H and O–H groups in total. The molecule has 0 aliphatic rings. The van der Waals surface area contributed by atoms with Crippen LogP contribution in [0.5, 0.6) is 0 Å². The number of aromatic nitrogens is 1. The van der Waals surface area contributed by atoms with Crippen molar-refractivity contribution in [1.82, 2.24) is 9.47 Å². The maximum absolute atomic E-state index is 9.60. The molecule has 0 aliphatic carbocycles. The molecule has 0 amide bonds. The van der Waals surface area contributed by atoms with Gasteiger partial charge in [-0.2, -0.15) is 0 Å². The van der Waals surface area contributed by atoms with Crippen LogP contribution in [0.25, 0.3) is 0 Å². The molecule has 1 unspecified atom stereocenters. The normalized spacial score (nSPS) is 13.5. The quantitative estimate of drug-likeness (QED) is 0.773. The van der Waals surface area contributed by atoms with Crippen LogP contribution in [0.15, 0.2) is 18.5 Å². The van der Waals surface area contributed by atoms with Crippen molar-refractivity contribution in [2.24, 2.45) is 0 Å². The van der Waals surface area contributed by atoms with Gasteiger partial charge in [0.25, 0.3) is 0 Å². The highest BCUT2D eigenvalue weighted by Crippen LogP contribution is 2.15. The summed E-state index contributed by atoms with van der Waals surface area (Å²) in [4.78, 5) is 2.15. The van der Waals surface area contributed by atoms with Crippen molar-refractivity contribution < 1.29 is 5.11 Å². The smallest absolute Gasteiger partial charge is 0.0802 e. The van der Waals surface area contributed by atoms with E-state index in [1.807, 2.05) is 25.4 Å². The first-order valence-electron chi connectivity index (χ1n) is 5.12. The van der Waals surface area contributed by atoms with Crippen molar-refractivity contribution >= 4 is 0 Å². The molecule has 1 rings (SSSR count). The summed E-state index contributed by atoms with van der Waals surface area (Å²) < 4.78 is 2.12. The molecule has 0 aliphatic heterocycles. The Hall–Kier alpha value is -0.800. The predicted octanol–water partition coefficient (Wildman–Crippen LogP) is 1.49. The van der Waals surface area contributed by atoms with Gasteiger partial charge in [-0.05, 0) is 32.1 Å². The summed E-state index contributed by atoms with van der Waals surface area (Å²) in [5, 5.41) is 9.60. The first kappa shape index (κ1) is 11.3. The van der Waals surface area contributed by atoms with Crippen LogP contribution in [0, 0.1) is 0 Å². The zero-order valence-corrected chi connectivity index (χ0v) is 9.27. The van der Waals surface area contributed by atoms with Crippen LogP contribution in [0.2, 0.25) is 0 Å². The fraction of sp³-hybridized carbons (Fsp3) is 0.636. The molecule has 1 atom stereocenters. The summed E-state index contributed by atoms with van der Waals surface area (Å²) in [6.45, 7) is 3.99. The van der Waals surface area contributed by atoms with Gasteiger partial charge < -0.3 is 14.6 Å². The Kier molecular flexibility index (Phi) is 4.17. The summed E-state index contributed by atoms with van der Waals surface area (Å²) in [5.41, 5.74) is 1.02. The van der Waals surface area contributed by atoms with Gasteiger partial charge in [0.15, 0.2) is 0 Å². The van der Waals surface area contributed by atoms with Crippen LogP contribution in [-0.2, 0) is 6.54 Å². The Morgan fingerprint density at radius 2 is 2.21 bits per heavy atom. The fourth-order valence-corrected chi connectivity index (χ4v) is 1.35. The number of hydrogen-bond acceptors (Lipinski definition) is 2. The Morgan fingerprint density at radius 1 is 1.50 bits per heavy atom. The van der Waals surface area contributed by atoms with E-state index in [0.717, 1.165) is 25.1 Å². The lowest BCUT2D eigenvalue weighted by molar-refractivity contribution is 0.173. The second-order valence-corrected chi connectivity index (χ2v) is 3.91. The van der Waals surface area contributed by atoms with Gasteiger partial charge in [0, 0.05) is 25.5 Å². The van der Waals surface area contributed by atoms with Crippen molar-refractivity contribution in [3.63, 3.8) is 0 Å². The number of aliphatic hydroxyl groups excluding tert-OH is 1. The van der Waals surface area contributed by atoms with Crippen LogP contribution in [-0.4, -0.2) is 35.2 Å². The molecule has 0 saturated heterocycles. The minimum Gasteiger partial charge on any atom is -0.388 e. The van der Waals surface area contributed by atoms with Gasteiger partial charge in [-0.15, -0.1) is 0 Å². The summed E-state index contributed by atoms with van der Waals surface area (Å²) in [7, 11) is 4.12. The SMILES string of the molecule is CCC(O)c1ccn(CCN(C)C)c1. The standard InChI is InChI=1S/C11H20N2O/c1-4-11(14)10-5-6-13(9-10)8-7-12(2)3/h5-6,9,11,14H,4,7-8H2,1-3H3. The molecule has 1 aromatic rings. The van der Waals surface area contributed by atoms with Gasteiger partial charge in [-0.3, -0.25) is 0 Å². The van der Waals surface area contributed by atoms with E-state index in [-0.39, 0.29) is 6.10 Å². The molecule has 0 aromatic carbocycles. The van der Waals surface area contributed by atoms with Crippen molar-refractivity contribution in [2.75, 3.05) is 20.6 Å². The van der Waals surface area contributed by atoms with E-state index < -0.39 is 0 Å². The lowest BCUT2D eigenvalue weighted by atomic mass is 10.1. The van der Waals surface area contributed by atoms with Gasteiger partial charge in [0.2, 0.25) is 0 Å². The van der Waals surface area contributed by atoms with Crippen molar-refractivity contribution in [2.45, 2.75) is 26.0 Å². The zero-order chi connectivity index (χ0) is 10.6. The molecule has 3 heteroatoms. The Morgan fingerprint density at radius 3 is 2.79 bits per heavy atom. The van der Waals surface area contributed by atoms with E-state index >= 15 is 0 Å². The summed E-state index contributed by atoms with van der Waals surface area (Å²) in [6.07, 6.45) is 4.52. The van der Waals surface area contributed by atoms with E-state index in [0.29, 0.717) is 0 Å². The van der Waals surface area contributed by atoms with Crippen LogP contribution < -0.4 is 0 Å². The summed E-state index contributed by atoms with van der Waals surface area (Å²) >= 11 is 0. The lowest BCUT2D eigenvalue weighted by Gasteiger charge is -2.10. The maximum Gasteiger partial charge on any atom is 0.0802 e. The molecule has 1 heterocycles. The van der Waals surface area contributed by atoms with Crippen LogP contribution in [0.3, 0.4) is 0 Å². The number of hydrogen-bond donors (Lipinski definition) is 1. The number of rotatable bonds is 5. The Bertz CT molecular complexity index is 268. The molecule has 80 valence electrons. The van der Waals surface area contributed by atoms with E-state index in [2.05, 4.69) is 23.6 Å². The second-order valence-electron chi connectivity index (χ2n) is 3.91. The highest BCUT2D eigenvalue weighted by Gasteiger charge is 2.05. The second kappa shape index (κ2) is 5.17. The third kappa shape index (κ3) is 3.16. The topological polar surface area (TPSA) is 28.4 Å². The molecular weight excluding hydrogens is 176 g/mol. The minimum absolute atomic E-state index is 0.310. The Labute approximate surface area is 86.0 Å². The zero-order valence-electron chi connectivity index (χ0n) is 9.27. The van der Waals surface area contributed by atoms with Gasteiger partial charge in [0.1, 0.15) is 0 Å². The predicted molar refractivity (Wildman–Crippen MR) is 58.2 cm³/mol. The van der Waals surface area contributed by atoms with Gasteiger partial charge in [-0.1, -0.05) is 6.92 Å². The van der Waals surface area contributed by atoms with E-state index in [4.69, 9.17) is 0 Å². The van der Waals surface area contributed by atoms with Gasteiger partial charge in [0.05, 0.1) is 6.10 Å². The highest BCUT2D eigenvalue weighted by molar-refractivity contribution is 5.13. The fourth-order valence-electron chi connectivity index (χ4n) is 1.35. The number of nitrogens with zero attached hydrogens (tertiary/aromatic N) is 2. The third-order valence-electron chi connectivity index (χ3n) is 2.35. The maximum atomic E-state index is 9.60. The van der Waals surface area contributed by atoms with Crippen LogP contribution in [0.4, 0.5) is 0 Å². The van der Waals surface area contributed by atoms with Crippen LogP contribution >= 0.6 is 0 Å². The molecular formula is C11H20N2O. The molecule has 0 saturated carbocycles. The monoisotopic (exact) mass is 196 g/mol. The highest BCUT2D eigenvalue weighted by atomic mass is 16.3. The summed E-state index contributed by atoms with van der Waals surface area (Å²) in [6, 6.07) is 1.99. The molecule has 14 heavy (non-hydrogen) atoms. The first-order chi connectivity index (χ1) is 6.63. The first-order valence-corrected chi connectivity index (χ1v) is 5.12. The summed E-state index contributed by atoms with van der Waals surface area (Å²) in [5.74, 6) is 0. The molecule has 0 radical (unpaired) electrons. The van der Waals surface area contributed by atoms with Crippen molar-refractivity contribution in [1.29, 1.82) is 0 Å². The average Bonchev–Trinajstić information content (AvgIpc) is 2.62. The van der Waals surface area contributed by atoms with E-state index in [1.54, 1.807) is 0 Å². The largest absolute Gasteiger partial charge is 0.388 e. The van der Waals surface area contributed by atoms with E-state index in [9.17, 15) is 5.11 Å². The van der Waals surface area contributed by atoms with Crippen LogP contribution in [0.1, 0.15) is 25.0 Å². The van der Waals surface area contributed by atoms with Crippen molar-refractivity contribution in [3.05, 3.63) is 24.0 Å². The molecule has 0 spiro atoms. The third-order valence-corrected chi connectivity index (χ3v) is 2.35. The number of likely N-dealkylation sites (N-methyl/N-ethyl adjacent to an activating group) is 1. The molecule has 3 nitrogen and oxygen atoms in total. The van der Waals surface area contributed by atoms with Gasteiger partial charge >= 0.3 is 0 Å².